The van der Waals surface area contributed by atoms with Gasteiger partial charge in [-0.1, -0.05) is 18.2 Å². The molecule has 2 N–H and O–H groups in total. The number of para-hydroxylation sites is 1. The lowest BCUT2D eigenvalue weighted by Gasteiger charge is -2.20. The minimum Gasteiger partial charge on any atom is -0.496 e. The first kappa shape index (κ1) is 16.3. The minimum absolute atomic E-state index is 0.306. The van der Waals surface area contributed by atoms with Crippen LogP contribution in [0.4, 0.5) is 0 Å². The van der Waals surface area contributed by atoms with Gasteiger partial charge in [0.1, 0.15) is 5.75 Å². The lowest BCUT2D eigenvalue weighted by atomic mass is 10.1. The van der Waals surface area contributed by atoms with Crippen molar-refractivity contribution in [3.8, 4) is 5.75 Å². The summed E-state index contributed by atoms with van der Waals surface area (Å²) in [6.45, 7) is 2.60. The predicted octanol–water partition coefficient (Wildman–Crippen LogP) is 1.92. The fourth-order valence-corrected chi connectivity index (χ4v) is 2.47. The minimum atomic E-state index is -0.306. The topological polar surface area (TPSA) is 59.6 Å². The third-order valence-corrected chi connectivity index (χ3v) is 3.69. The van der Waals surface area contributed by atoms with Crippen LogP contribution in [0.15, 0.2) is 35.5 Å². The van der Waals surface area contributed by atoms with Crippen molar-refractivity contribution in [3.63, 3.8) is 0 Å². The average Bonchev–Trinajstić information content (AvgIpc) is 2.51. The number of nitrogens with one attached hydrogen (secondary N) is 2. The predicted molar refractivity (Wildman–Crippen MR) is 88.7 cm³/mol. The maximum atomic E-state index is 12.0. The molecule has 1 aliphatic heterocycles. The van der Waals surface area contributed by atoms with Crippen molar-refractivity contribution in [1.82, 2.24) is 10.6 Å². The van der Waals surface area contributed by atoms with Crippen molar-refractivity contribution >= 4 is 23.3 Å². The Morgan fingerprint density at radius 1 is 1.36 bits per heavy atom. The standard InChI is InChI=1S/C16H20N2O3S/c1-11-13(10-17-16(22)18-11)15(19)21-9-5-7-12-6-3-4-8-14(12)20-2/h3-4,6,8H,5,7,9-10H2,1-2H3,(H2,17,18,22). The van der Waals surface area contributed by atoms with Gasteiger partial charge in [-0.2, -0.15) is 0 Å². The first-order valence-electron chi connectivity index (χ1n) is 7.15. The largest absolute Gasteiger partial charge is 0.496 e. The van der Waals surface area contributed by atoms with Crippen LogP contribution in [-0.4, -0.2) is 31.3 Å². The van der Waals surface area contributed by atoms with E-state index in [9.17, 15) is 4.79 Å². The van der Waals surface area contributed by atoms with Gasteiger partial charge < -0.3 is 20.1 Å². The fourth-order valence-electron chi connectivity index (χ4n) is 2.24. The number of aryl methyl sites for hydroxylation is 1. The van der Waals surface area contributed by atoms with Gasteiger partial charge in [0, 0.05) is 5.70 Å². The molecule has 118 valence electrons. The summed E-state index contributed by atoms with van der Waals surface area (Å²) in [5.41, 5.74) is 2.45. The molecule has 0 fully saturated rings. The Morgan fingerprint density at radius 3 is 2.86 bits per heavy atom. The number of hydrogen-bond acceptors (Lipinski definition) is 4. The summed E-state index contributed by atoms with van der Waals surface area (Å²) >= 11 is 4.99. The molecule has 1 aliphatic rings. The maximum absolute atomic E-state index is 12.0. The second kappa shape index (κ2) is 7.79. The highest BCUT2D eigenvalue weighted by Crippen LogP contribution is 2.18. The summed E-state index contributed by atoms with van der Waals surface area (Å²) in [5.74, 6) is 0.557. The second-order valence-corrected chi connectivity index (χ2v) is 5.37. The number of carbonyl (C=O) groups is 1. The number of rotatable bonds is 6. The first-order chi connectivity index (χ1) is 10.6. The molecule has 5 nitrogen and oxygen atoms in total. The van der Waals surface area contributed by atoms with Crippen LogP contribution in [-0.2, 0) is 16.0 Å². The Labute approximate surface area is 135 Å². The summed E-state index contributed by atoms with van der Waals surface area (Å²) in [4.78, 5) is 12.0. The molecule has 0 aliphatic carbocycles. The van der Waals surface area contributed by atoms with Gasteiger partial charge >= 0.3 is 5.97 Å². The lowest BCUT2D eigenvalue weighted by Crippen LogP contribution is -2.42. The molecule has 1 heterocycles. The smallest absolute Gasteiger partial charge is 0.337 e. The van der Waals surface area contributed by atoms with Crippen LogP contribution in [0, 0.1) is 0 Å². The molecule has 0 bridgehead atoms. The number of methoxy groups -OCH3 is 1. The van der Waals surface area contributed by atoms with Gasteiger partial charge in [-0.15, -0.1) is 0 Å². The van der Waals surface area contributed by atoms with E-state index in [1.807, 2.05) is 31.2 Å². The first-order valence-corrected chi connectivity index (χ1v) is 7.56. The van der Waals surface area contributed by atoms with Crippen LogP contribution in [0.1, 0.15) is 18.9 Å². The Morgan fingerprint density at radius 2 is 2.14 bits per heavy atom. The van der Waals surface area contributed by atoms with Crippen LogP contribution in [0.25, 0.3) is 0 Å². The highest BCUT2D eigenvalue weighted by atomic mass is 32.1. The molecule has 0 saturated carbocycles. The van der Waals surface area contributed by atoms with Crippen LogP contribution >= 0.6 is 12.2 Å². The Balaban J connectivity index is 1.80. The van der Waals surface area contributed by atoms with Crippen LogP contribution < -0.4 is 15.4 Å². The van der Waals surface area contributed by atoms with E-state index in [0.29, 0.717) is 23.8 Å². The molecule has 0 unspecified atom stereocenters. The van der Waals surface area contributed by atoms with Gasteiger partial charge in [-0.25, -0.2) is 4.79 Å². The van der Waals surface area contributed by atoms with Crippen molar-refractivity contribution < 1.29 is 14.3 Å². The Bertz CT molecular complexity index is 599. The second-order valence-electron chi connectivity index (χ2n) is 4.96. The van der Waals surface area contributed by atoms with Crippen LogP contribution in [0.2, 0.25) is 0 Å². The highest BCUT2D eigenvalue weighted by Gasteiger charge is 2.19. The molecule has 1 aromatic carbocycles. The molecular formula is C16H20N2O3S. The number of allylic oxidation sites excluding steroid dienone is 1. The number of esters is 1. The van der Waals surface area contributed by atoms with E-state index in [2.05, 4.69) is 10.6 Å². The van der Waals surface area contributed by atoms with Gasteiger partial charge in [0.05, 0.1) is 25.8 Å². The molecule has 0 amide bonds. The van der Waals surface area contributed by atoms with Gasteiger partial charge in [-0.05, 0) is 43.6 Å². The molecular weight excluding hydrogens is 300 g/mol. The van der Waals surface area contributed by atoms with E-state index in [1.54, 1.807) is 7.11 Å². The van der Waals surface area contributed by atoms with Crippen molar-refractivity contribution in [2.75, 3.05) is 20.3 Å². The Hall–Kier alpha value is -2.08. The van der Waals surface area contributed by atoms with E-state index in [-0.39, 0.29) is 5.97 Å². The van der Waals surface area contributed by atoms with E-state index in [4.69, 9.17) is 21.7 Å². The summed E-state index contributed by atoms with van der Waals surface area (Å²) in [5, 5.41) is 6.38. The SMILES string of the molecule is COc1ccccc1CCCOC(=O)C1=C(C)NC(=S)NC1. The quantitative estimate of drug-likeness (QED) is 0.474. The van der Waals surface area contributed by atoms with Gasteiger partial charge in [0.25, 0.3) is 0 Å². The monoisotopic (exact) mass is 320 g/mol. The summed E-state index contributed by atoms with van der Waals surface area (Å²) in [6, 6.07) is 7.85. The van der Waals surface area contributed by atoms with E-state index < -0.39 is 0 Å². The lowest BCUT2D eigenvalue weighted by molar-refractivity contribution is -0.139. The molecule has 1 aromatic rings. The average molecular weight is 320 g/mol. The number of ether oxygens (including phenoxy) is 2. The molecule has 0 radical (unpaired) electrons. The van der Waals surface area contributed by atoms with Gasteiger partial charge in [0.2, 0.25) is 0 Å². The van der Waals surface area contributed by atoms with Crippen molar-refractivity contribution in [3.05, 3.63) is 41.1 Å². The van der Waals surface area contributed by atoms with Gasteiger partial charge in [-0.3, -0.25) is 0 Å². The molecule has 0 saturated heterocycles. The molecule has 22 heavy (non-hydrogen) atoms. The van der Waals surface area contributed by atoms with Gasteiger partial charge in [0.15, 0.2) is 5.11 Å². The van der Waals surface area contributed by atoms with Crippen LogP contribution in [0.5, 0.6) is 5.75 Å². The number of thiocarbonyl (C=S) groups is 1. The van der Waals surface area contributed by atoms with Crippen LogP contribution in [0.3, 0.4) is 0 Å². The number of carbonyl (C=O) groups excluding carboxylic acids is 1. The Kier molecular flexibility index (Phi) is 5.77. The zero-order valence-corrected chi connectivity index (χ0v) is 13.6. The summed E-state index contributed by atoms with van der Waals surface area (Å²) in [6.07, 6.45) is 1.55. The number of benzene rings is 1. The molecule has 6 heteroatoms. The third kappa shape index (κ3) is 4.21. The van der Waals surface area contributed by atoms with E-state index in [1.165, 1.54) is 0 Å². The molecule has 0 aromatic heterocycles. The van der Waals surface area contributed by atoms with Crippen molar-refractivity contribution in [2.45, 2.75) is 19.8 Å². The molecule has 0 spiro atoms. The van der Waals surface area contributed by atoms with E-state index in [0.717, 1.165) is 29.9 Å². The third-order valence-electron chi connectivity index (χ3n) is 3.44. The van der Waals surface area contributed by atoms with Crippen molar-refractivity contribution in [1.29, 1.82) is 0 Å². The highest BCUT2D eigenvalue weighted by molar-refractivity contribution is 7.80. The fraction of sp³-hybridized carbons (Fsp3) is 0.375. The normalized spacial score (nSPS) is 14.2. The maximum Gasteiger partial charge on any atom is 0.337 e. The molecule has 2 rings (SSSR count). The zero-order valence-electron chi connectivity index (χ0n) is 12.8. The zero-order chi connectivity index (χ0) is 15.9. The van der Waals surface area contributed by atoms with E-state index >= 15 is 0 Å². The summed E-state index contributed by atoms with van der Waals surface area (Å²) in [7, 11) is 1.65. The van der Waals surface area contributed by atoms with Crippen molar-refractivity contribution in [2.24, 2.45) is 0 Å². The molecule has 0 atom stereocenters. The number of hydrogen-bond donors (Lipinski definition) is 2. The summed E-state index contributed by atoms with van der Waals surface area (Å²) < 4.78 is 10.6.